The highest BCUT2D eigenvalue weighted by Crippen LogP contribution is 2.31. The van der Waals surface area contributed by atoms with Crippen LogP contribution in [0.4, 0.5) is 13.2 Å². The lowest BCUT2D eigenvalue weighted by Crippen LogP contribution is -2.38. The number of rotatable bonds is 12. The van der Waals surface area contributed by atoms with Crippen molar-refractivity contribution in [1.29, 1.82) is 0 Å². The Hall–Kier alpha value is -3.18. The maximum absolute atomic E-state index is 12.6. The maximum Gasteiger partial charge on any atom is 0.534 e. The van der Waals surface area contributed by atoms with Gasteiger partial charge in [-0.1, -0.05) is 66.7 Å². The smallest absolute Gasteiger partial charge is 0.381 e. The third-order valence-corrected chi connectivity index (χ3v) is 7.78. The fourth-order valence-electron chi connectivity index (χ4n) is 4.75. The number of aryl methyl sites for hydroxylation is 1. The first-order chi connectivity index (χ1) is 18.7. The number of allylic oxidation sites excluding steroid dienone is 1. The largest absolute Gasteiger partial charge is 0.534 e. The van der Waals surface area contributed by atoms with E-state index < -0.39 is 15.6 Å². The summed E-state index contributed by atoms with van der Waals surface area (Å²) in [4.78, 5) is 2.33. The van der Waals surface area contributed by atoms with Crippen molar-refractivity contribution in [2.75, 3.05) is 13.1 Å². The number of benzene rings is 2. The van der Waals surface area contributed by atoms with Gasteiger partial charge in [-0.3, -0.25) is 4.68 Å². The molecule has 39 heavy (non-hydrogen) atoms. The number of hydrogen-bond donors (Lipinski definition) is 0. The molecule has 3 aromatic rings. The average molecular weight is 563 g/mol. The summed E-state index contributed by atoms with van der Waals surface area (Å²) in [6.07, 6.45) is 7.36. The van der Waals surface area contributed by atoms with Crippen LogP contribution in [0.2, 0.25) is 0 Å². The molecule has 11 heteroatoms. The van der Waals surface area contributed by atoms with Gasteiger partial charge >= 0.3 is 15.6 Å². The van der Waals surface area contributed by atoms with Gasteiger partial charge in [-0.2, -0.15) is 21.6 Å². The van der Waals surface area contributed by atoms with Crippen LogP contribution in [0.3, 0.4) is 0 Å². The van der Waals surface area contributed by atoms with E-state index in [1.54, 1.807) is 0 Å². The fraction of sp³-hybridized carbons (Fsp3) is 0.429. The van der Waals surface area contributed by atoms with Gasteiger partial charge in [0.05, 0.1) is 6.20 Å². The highest BCUT2D eigenvalue weighted by Gasteiger charge is 2.49. The van der Waals surface area contributed by atoms with Crippen molar-refractivity contribution in [3.63, 3.8) is 0 Å². The Morgan fingerprint density at radius 2 is 1.69 bits per heavy atom. The predicted molar refractivity (Wildman–Crippen MR) is 144 cm³/mol. The summed E-state index contributed by atoms with van der Waals surface area (Å²) in [5.74, 6) is -0.128. The Morgan fingerprint density at radius 1 is 1.00 bits per heavy atom. The molecule has 7 nitrogen and oxygen atoms in total. The van der Waals surface area contributed by atoms with Crippen molar-refractivity contribution in [2.24, 2.45) is 0 Å². The Kier molecular flexibility index (Phi) is 9.45. The molecule has 1 unspecified atom stereocenters. The Balaban J connectivity index is 1.25. The molecule has 0 N–H and O–H groups in total. The summed E-state index contributed by atoms with van der Waals surface area (Å²) in [6, 6.07) is 18.6. The van der Waals surface area contributed by atoms with Crippen LogP contribution in [-0.2, 0) is 20.8 Å². The molecule has 0 amide bonds. The number of aromatic nitrogens is 3. The highest BCUT2D eigenvalue weighted by atomic mass is 32.2. The zero-order chi connectivity index (χ0) is 27.9. The van der Waals surface area contributed by atoms with Crippen LogP contribution in [0, 0.1) is 0 Å². The molecule has 0 saturated carbocycles. The van der Waals surface area contributed by atoms with Gasteiger partial charge in [-0.05, 0) is 62.4 Å². The molecule has 0 saturated heterocycles. The molecule has 0 fully saturated rings. The Labute approximate surface area is 227 Å². The summed E-state index contributed by atoms with van der Waals surface area (Å²) < 4.78 is 66.5. The number of alkyl halides is 3. The van der Waals surface area contributed by atoms with Crippen molar-refractivity contribution in [2.45, 2.75) is 63.5 Å². The maximum atomic E-state index is 12.6. The minimum absolute atomic E-state index is 0.128. The van der Waals surface area contributed by atoms with Gasteiger partial charge in [0, 0.05) is 24.6 Å². The third-order valence-electron chi connectivity index (χ3n) is 6.78. The first-order valence-corrected chi connectivity index (χ1v) is 14.6. The van der Waals surface area contributed by atoms with Gasteiger partial charge in [-0.15, -0.1) is 5.10 Å². The molecule has 0 aliphatic heterocycles. The van der Waals surface area contributed by atoms with Crippen LogP contribution in [0.5, 0.6) is 0 Å². The van der Waals surface area contributed by atoms with E-state index in [0.29, 0.717) is 12.8 Å². The van der Waals surface area contributed by atoms with E-state index in [2.05, 4.69) is 50.6 Å². The Morgan fingerprint density at radius 3 is 2.33 bits per heavy atom. The standard InChI is InChI=1S/C28H33F3N4O3S/c1-2-18-34(25-14-16-26(17-15-25)38-39(36,37)28(29,30)31)19-6-7-20-35-21-27(32-33-35)24-12-10-23(11-13-24)22-8-4-3-5-9-22/h3-5,8-13,16,21,25H,2,6-7,14-15,17-20H2,1H3. The van der Waals surface area contributed by atoms with E-state index in [0.717, 1.165) is 61.3 Å². The number of halogens is 3. The van der Waals surface area contributed by atoms with Crippen molar-refractivity contribution in [3.8, 4) is 22.4 Å². The summed E-state index contributed by atoms with van der Waals surface area (Å²) in [7, 11) is -5.61. The molecule has 0 spiro atoms. The molecule has 1 aromatic heterocycles. The lowest BCUT2D eigenvalue weighted by molar-refractivity contribution is -0.0525. The van der Waals surface area contributed by atoms with E-state index in [9.17, 15) is 21.6 Å². The summed E-state index contributed by atoms with van der Waals surface area (Å²) in [5.41, 5.74) is -1.28. The second-order valence-corrected chi connectivity index (χ2v) is 11.2. The van der Waals surface area contributed by atoms with Gasteiger partial charge in [0.1, 0.15) is 11.5 Å². The van der Waals surface area contributed by atoms with Crippen molar-refractivity contribution >= 4 is 10.1 Å². The van der Waals surface area contributed by atoms with Gasteiger partial charge in [0.25, 0.3) is 0 Å². The highest BCUT2D eigenvalue weighted by molar-refractivity contribution is 7.87. The topological polar surface area (TPSA) is 77.3 Å². The lowest BCUT2D eigenvalue weighted by Gasteiger charge is -2.33. The van der Waals surface area contributed by atoms with Gasteiger partial charge in [0.2, 0.25) is 0 Å². The molecule has 0 radical (unpaired) electrons. The zero-order valence-corrected chi connectivity index (χ0v) is 22.7. The van der Waals surface area contributed by atoms with Crippen LogP contribution in [0.1, 0.15) is 45.4 Å². The van der Waals surface area contributed by atoms with Crippen LogP contribution in [0.25, 0.3) is 22.4 Å². The quantitative estimate of drug-likeness (QED) is 0.144. The molecule has 210 valence electrons. The molecule has 1 aliphatic carbocycles. The van der Waals surface area contributed by atoms with Crippen LogP contribution < -0.4 is 0 Å². The van der Waals surface area contributed by atoms with Crippen LogP contribution in [0.15, 0.2) is 72.6 Å². The molecular formula is C28H33F3N4O3S. The second-order valence-electron chi connectivity index (χ2n) is 9.64. The fourth-order valence-corrected chi connectivity index (χ4v) is 5.28. The van der Waals surface area contributed by atoms with Gasteiger partial charge in [0.15, 0.2) is 0 Å². The molecule has 0 bridgehead atoms. The number of unbranched alkanes of at least 4 members (excludes halogenated alkanes) is 1. The van der Waals surface area contributed by atoms with E-state index in [-0.39, 0.29) is 18.2 Å². The van der Waals surface area contributed by atoms with Crippen molar-refractivity contribution < 1.29 is 25.8 Å². The zero-order valence-electron chi connectivity index (χ0n) is 21.8. The lowest BCUT2D eigenvalue weighted by atomic mass is 9.98. The number of hydrogen-bond acceptors (Lipinski definition) is 6. The summed E-state index contributed by atoms with van der Waals surface area (Å²) in [6.45, 7) is 4.51. The monoisotopic (exact) mass is 562 g/mol. The molecular weight excluding hydrogens is 529 g/mol. The van der Waals surface area contributed by atoms with E-state index in [4.69, 9.17) is 0 Å². The first kappa shape index (κ1) is 28.8. The van der Waals surface area contributed by atoms with Gasteiger partial charge in [-0.25, -0.2) is 0 Å². The summed E-state index contributed by atoms with van der Waals surface area (Å²) >= 11 is 0. The van der Waals surface area contributed by atoms with Crippen LogP contribution >= 0.6 is 0 Å². The molecule has 1 heterocycles. The first-order valence-electron chi connectivity index (χ1n) is 13.2. The third kappa shape index (κ3) is 7.69. The SMILES string of the molecule is CCCN(CCCCn1cc(-c2ccc(-c3ccccc3)cc2)nn1)C1CC=C(OS(=O)(=O)C(F)(F)F)CC1. The molecule has 1 aliphatic rings. The normalized spacial score (nSPS) is 16.3. The minimum Gasteiger partial charge on any atom is -0.381 e. The average Bonchev–Trinajstić information content (AvgIpc) is 3.40. The van der Waals surface area contributed by atoms with E-state index in [1.807, 2.05) is 41.2 Å². The van der Waals surface area contributed by atoms with E-state index in [1.165, 1.54) is 6.08 Å². The van der Waals surface area contributed by atoms with Crippen molar-refractivity contribution in [1.82, 2.24) is 19.9 Å². The van der Waals surface area contributed by atoms with E-state index >= 15 is 0 Å². The summed E-state index contributed by atoms with van der Waals surface area (Å²) in [5, 5.41) is 8.60. The van der Waals surface area contributed by atoms with Gasteiger partial charge < -0.3 is 9.08 Å². The molecule has 2 aromatic carbocycles. The van der Waals surface area contributed by atoms with Crippen molar-refractivity contribution in [3.05, 3.63) is 72.6 Å². The molecule has 4 rings (SSSR count). The molecule has 1 atom stereocenters. The minimum atomic E-state index is -5.61. The Bertz CT molecular complexity index is 1340. The second kappa shape index (κ2) is 12.8. The van der Waals surface area contributed by atoms with Crippen LogP contribution in [-0.4, -0.2) is 53.0 Å². The number of nitrogens with zero attached hydrogens (tertiary/aromatic N) is 4. The predicted octanol–water partition coefficient (Wildman–Crippen LogP) is 6.41.